The number of nitrogens with one attached hydrogen (secondary N) is 1. The van der Waals surface area contributed by atoms with E-state index in [1.54, 1.807) is 4.31 Å². The summed E-state index contributed by atoms with van der Waals surface area (Å²) < 4.78 is 26.3. The molecule has 0 amide bonds. The van der Waals surface area contributed by atoms with E-state index in [0.29, 0.717) is 25.6 Å². The van der Waals surface area contributed by atoms with Crippen molar-refractivity contribution < 1.29 is 8.42 Å². The first-order chi connectivity index (χ1) is 8.65. The summed E-state index contributed by atoms with van der Waals surface area (Å²) in [5, 5.41) is 3.25. The molecule has 1 rings (SSSR count). The molecule has 19 heavy (non-hydrogen) atoms. The quantitative estimate of drug-likeness (QED) is 0.733. The van der Waals surface area contributed by atoms with Crippen LogP contribution in [0.5, 0.6) is 0 Å². The zero-order chi connectivity index (χ0) is 14.7. The molecule has 0 aliphatic carbocycles. The maximum Gasteiger partial charge on any atom is 0.214 e. The highest BCUT2D eigenvalue weighted by atomic mass is 32.2. The predicted octanol–water partition coefficient (Wildman–Crippen LogP) is 0.730. The Morgan fingerprint density at radius 1 is 1.26 bits per heavy atom. The first kappa shape index (κ1) is 16.9. The Hall–Kier alpha value is -0.170. The van der Waals surface area contributed by atoms with Gasteiger partial charge in [0.2, 0.25) is 10.0 Å². The molecule has 0 unspecified atom stereocenters. The largest absolute Gasteiger partial charge is 0.314 e. The zero-order valence-electron chi connectivity index (χ0n) is 12.9. The summed E-state index contributed by atoms with van der Waals surface area (Å²) in [5.74, 6) is 0.243. The highest BCUT2D eigenvalue weighted by molar-refractivity contribution is 7.89. The lowest BCUT2D eigenvalue weighted by Crippen LogP contribution is -2.59. The van der Waals surface area contributed by atoms with E-state index in [1.807, 2.05) is 0 Å². The number of piperazine rings is 1. The topological polar surface area (TPSA) is 52.7 Å². The van der Waals surface area contributed by atoms with Crippen molar-refractivity contribution in [1.29, 1.82) is 0 Å². The van der Waals surface area contributed by atoms with Crippen LogP contribution in [-0.4, -0.2) is 68.2 Å². The SMILES string of the molecule is CC(C)NCCCS(=O)(=O)N1CCN(C)C(C)(C)C1. The van der Waals surface area contributed by atoms with Crippen LogP contribution in [0.3, 0.4) is 0 Å². The second-order valence-electron chi connectivity index (χ2n) is 6.35. The Balaban J connectivity index is 2.49. The third-order valence-electron chi connectivity index (χ3n) is 3.81. The number of nitrogens with zero attached hydrogens (tertiary/aromatic N) is 2. The van der Waals surface area contributed by atoms with Gasteiger partial charge in [0, 0.05) is 31.2 Å². The average Bonchev–Trinajstić information content (AvgIpc) is 2.28. The second kappa shape index (κ2) is 6.52. The molecular weight excluding hydrogens is 262 g/mol. The third-order valence-corrected chi connectivity index (χ3v) is 5.71. The minimum absolute atomic E-state index is 0.0818. The van der Waals surface area contributed by atoms with Gasteiger partial charge in [-0.2, -0.15) is 4.31 Å². The van der Waals surface area contributed by atoms with Gasteiger partial charge in [-0.1, -0.05) is 13.8 Å². The van der Waals surface area contributed by atoms with E-state index in [9.17, 15) is 8.42 Å². The van der Waals surface area contributed by atoms with Crippen LogP contribution in [0.2, 0.25) is 0 Å². The van der Waals surface area contributed by atoms with Crippen LogP contribution in [0.1, 0.15) is 34.1 Å². The van der Waals surface area contributed by atoms with E-state index >= 15 is 0 Å². The van der Waals surface area contributed by atoms with Crippen molar-refractivity contribution in [2.24, 2.45) is 0 Å². The van der Waals surface area contributed by atoms with E-state index in [1.165, 1.54) is 0 Å². The summed E-state index contributed by atoms with van der Waals surface area (Å²) >= 11 is 0. The minimum Gasteiger partial charge on any atom is -0.314 e. The minimum atomic E-state index is -3.11. The predicted molar refractivity (Wildman–Crippen MR) is 79.8 cm³/mol. The van der Waals surface area contributed by atoms with Crippen LogP contribution in [0.25, 0.3) is 0 Å². The van der Waals surface area contributed by atoms with Crippen molar-refractivity contribution in [3.8, 4) is 0 Å². The molecule has 1 aliphatic heterocycles. The molecule has 0 aromatic rings. The van der Waals surface area contributed by atoms with Crippen molar-refractivity contribution >= 4 is 10.0 Å². The van der Waals surface area contributed by atoms with Crippen molar-refractivity contribution in [3.05, 3.63) is 0 Å². The van der Waals surface area contributed by atoms with Gasteiger partial charge < -0.3 is 5.32 Å². The fourth-order valence-electron chi connectivity index (χ4n) is 2.21. The Morgan fingerprint density at radius 2 is 1.89 bits per heavy atom. The average molecular weight is 291 g/mol. The van der Waals surface area contributed by atoms with E-state index < -0.39 is 10.0 Å². The van der Waals surface area contributed by atoms with Gasteiger partial charge in [-0.3, -0.25) is 4.90 Å². The summed E-state index contributed by atoms with van der Waals surface area (Å²) in [6, 6.07) is 0.408. The molecule has 1 N–H and O–H groups in total. The summed E-state index contributed by atoms with van der Waals surface area (Å²) in [5.41, 5.74) is -0.0818. The number of sulfonamides is 1. The molecule has 114 valence electrons. The van der Waals surface area contributed by atoms with Crippen molar-refractivity contribution in [3.63, 3.8) is 0 Å². The summed E-state index contributed by atoms with van der Waals surface area (Å²) in [6.45, 7) is 11.1. The maximum atomic E-state index is 12.3. The summed E-state index contributed by atoms with van der Waals surface area (Å²) in [6.07, 6.45) is 0.674. The van der Waals surface area contributed by atoms with E-state index in [-0.39, 0.29) is 11.3 Å². The van der Waals surface area contributed by atoms with Crippen molar-refractivity contribution in [2.45, 2.75) is 45.7 Å². The van der Waals surface area contributed by atoms with Crippen LogP contribution in [0, 0.1) is 0 Å². The molecule has 0 aromatic heterocycles. The first-order valence-corrected chi connectivity index (χ1v) is 8.68. The maximum absolute atomic E-state index is 12.3. The molecule has 5 nitrogen and oxygen atoms in total. The normalized spacial score (nSPS) is 22.0. The number of hydrogen-bond acceptors (Lipinski definition) is 4. The molecule has 0 bridgehead atoms. The smallest absolute Gasteiger partial charge is 0.214 e. The Bertz CT molecular complexity index is 379. The van der Waals surface area contributed by atoms with E-state index in [2.05, 4.69) is 45.0 Å². The molecule has 1 fully saturated rings. The monoisotopic (exact) mass is 291 g/mol. The standard InChI is InChI=1S/C13H29N3O2S/c1-12(2)14-7-6-10-19(17,18)16-9-8-15(5)13(3,4)11-16/h12,14H,6-11H2,1-5H3. The van der Waals surface area contributed by atoms with Crippen LogP contribution in [-0.2, 0) is 10.0 Å². The van der Waals surface area contributed by atoms with Crippen molar-refractivity contribution in [1.82, 2.24) is 14.5 Å². The number of rotatable bonds is 6. The van der Waals surface area contributed by atoms with Crippen LogP contribution in [0.15, 0.2) is 0 Å². The molecule has 1 aliphatic rings. The zero-order valence-corrected chi connectivity index (χ0v) is 13.8. The second-order valence-corrected chi connectivity index (χ2v) is 8.43. The highest BCUT2D eigenvalue weighted by Crippen LogP contribution is 2.21. The molecule has 1 heterocycles. The molecule has 6 heteroatoms. The molecular formula is C13H29N3O2S. The van der Waals surface area contributed by atoms with Crippen molar-refractivity contribution in [2.75, 3.05) is 39.0 Å². The fraction of sp³-hybridized carbons (Fsp3) is 1.00. The van der Waals surface area contributed by atoms with Crippen LogP contribution < -0.4 is 5.32 Å². The molecule has 0 atom stereocenters. The van der Waals surface area contributed by atoms with Crippen LogP contribution >= 0.6 is 0 Å². The van der Waals surface area contributed by atoms with E-state index in [0.717, 1.165) is 13.1 Å². The fourth-order valence-corrected chi connectivity index (χ4v) is 3.85. The molecule has 0 saturated carbocycles. The van der Waals surface area contributed by atoms with Gasteiger partial charge in [-0.25, -0.2) is 8.42 Å². The summed E-state index contributed by atoms with van der Waals surface area (Å²) in [7, 11) is -1.06. The lowest BCUT2D eigenvalue weighted by molar-refractivity contribution is 0.0801. The van der Waals surface area contributed by atoms with Gasteiger partial charge in [0.1, 0.15) is 0 Å². The summed E-state index contributed by atoms with van der Waals surface area (Å²) in [4.78, 5) is 2.22. The van der Waals surface area contributed by atoms with E-state index in [4.69, 9.17) is 0 Å². The highest BCUT2D eigenvalue weighted by Gasteiger charge is 2.36. The molecule has 0 radical (unpaired) electrons. The van der Waals surface area contributed by atoms with Gasteiger partial charge >= 0.3 is 0 Å². The number of hydrogen-bond donors (Lipinski definition) is 1. The first-order valence-electron chi connectivity index (χ1n) is 7.07. The lowest BCUT2D eigenvalue weighted by Gasteiger charge is -2.44. The van der Waals surface area contributed by atoms with Gasteiger partial charge in [-0.05, 0) is 33.9 Å². The molecule has 0 spiro atoms. The Labute approximate surface area is 118 Å². The molecule has 1 saturated heterocycles. The third kappa shape index (κ3) is 5.02. The van der Waals surface area contributed by atoms with Crippen LogP contribution in [0.4, 0.5) is 0 Å². The van der Waals surface area contributed by atoms with Gasteiger partial charge in [0.15, 0.2) is 0 Å². The van der Waals surface area contributed by atoms with Gasteiger partial charge in [-0.15, -0.1) is 0 Å². The lowest BCUT2D eigenvalue weighted by atomic mass is 10.0. The Morgan fingerprint density at radius 3 is 2.42 bits per heavy atom. The molecule has 0 aromatic carbocycles. The number of likely N-dealkylation sites (N-methyl/N-ethyl adjacent to an activating group) is 1. The Kier molecular flexibility index (Phi) is 5.79. The van der Waals surface area contributed by atoms with Gasteiger partial charge in [0.05, 0.1) is 5.75 Å². The van der Waals surface area contributed by atoms with Gasteiger partial charge in [0.25, 0.3) is 0 Å².